The Balaban J connectivity index is 1.44. The number of nitrogens with one attached hydrogen (secondary N) is 1. The summed E-state index contributed by atoms with van der Waals surface area (Å²) >= 11 is 3.58. The molecule has 35 heavy (non-hydrogen) atoms. The summed E-state index contributed by atoms with van der Waals surface area (Å²) in [6.07, 6.45) is 5.93. The minimum absolute atomic E-state index is 0.310. The first-order chi connectivity index (χ1) is 17.0. The highest BCUT2D eigenvalue weighted by Crippen LogP contribution is 2.41. The first-order valence-electron chi connectivity index (χ1n) is 12.1. The number of guanidine groups is 1. The van der Waals surface area contributed by atoms with E-state index in [0.717, 1.165) is 65.2 Å². The van der Waals surface area contributed by atoms with Gasteiger partial charge in [-0.2, -0.15) is 10.1 Å². The number of nitrogens with zero attached hydrogens (tertiary/aromatic N) is 5. The number of ether oxygens (including phenoxy) is 1. The molecule has 3 aromatic rings. The summed E-state index contributed by atoms with van der Waals surface area (Å²) < 4.78 is 9.29. The van der Waals surface area contributed by atoms with Crippen molar-refractivity contribution in [1.29, 1.82) is 0 Å². The number of hydrogen-bond donors (Lipinski definition) is 1. The van der Waals surface area contributed by atoms with Gasteiger partial charge in [-0.05, 0) is 68.9 Å². The Kier molecular flexibility index (Phi) is 5.59. The number of carbonyl (C=O) groups is 1. The van der Waals surface area contributed by atoms with Crippen LogP contribution in [-0.4, -0.2) is 39.8 Å². The maximum atomic E-state index is 13.4. The molecule has 2 aromatic heterocycles. The molecule has 2 aliphatic heterocycles. The normalized spacial score (nSPS) is 21.5. The number of aliphatic imine (C=N–C) groups is 1. The quantitative estimate of drug-likeness (QED) is 0.438. The summed E-state index contributed by atoms with van der Waals surface area (Å²) in [6.45, 7) is 5.47. The molecule has 1 N–H and O–H groups in total. The van der Waals surface area contributed by atoms with Crippen molar-refractivity contribution >= 4 is 39.2 Å². The molecule has 180 valence electrons. The zero-order chi connectivity index (χ0) is 24.1. The molecule has 1 atom stereocenters. The minimum atomic E-state index is -0.310. The fraction of sp³-hybridized carbons (Fsp3) is 0.385. The topological polar surface area (TPSA) is 84.6 Å². The third-order valence-electron chi connectivity index (χ3n) is 6.65. The Labute approximate surface area is 212 Å². The summed E-state index contributed by atoms with van der Waals surface area (Å²) in [6, 6.07) is 10.0. The van der Waals surface area contributed by atoms with Gasteiger partial charge < -0.3 is 15.0 Å². The van der Waals surface area contributed by atoms with Gasteiger partial charge in [0, 0.05) is 22.3 Å². The predicted molar refractivity (Wildman–Crippen MR) is 139 cm³/mol. The van der Waals surface area contributed by atoms with E-state index in [4.69, 9.17) is 9.72 Å². The average Bonchev–Trinajstić information content (AvgIpc) is 3.51. The predicted octanol–water partition coefficient (Wildman–Crippen LogP) is 5.59. The summed E-state index contributed by atoms with van der Waals surface area (Å²) in [7, 11) is 0. The van der Waals surface area contributed by atoms with Gasteiger partial charge in [0.25, 0.3) is 5.91 Å². The van der Waals surface area contributed by atoms with E-state index in [9.17, 15) is 4.79 Å². The molecule has 0 unspecified atom stereocenters. The maximum absolute atomic E-state index is 13.4. The Morgan fingerprint density at radius 2 is 2.03 bits per heavy atom. The van der Waals surface area contributed by atoms with Gasteiger partial charge in [-0.15, -0.1) is 0 Å². The monoisotopic (exact) mass is 534 g/mol. The third-order valence-corrected chi connectivity index (χ3v) is 7.15. The number of hydrogen-bond acceptors (Lipinski definition) is 6. The highest BCUT2D eigenvalue weighted by molar-refractivity contribution is 9.10. The Morgan fingerprint density at radius 3 is 2.86 bits per heavy atom. The molecule has 8 nitrogen and oxygen atoms in total. The number of fused-ring (bicyclic) bond motifs is 7. The van der Waals surface area contributed by atoms with Crippen LogP contribution in [0.1, 0.15) is 54.7 Å². The largest absolute Gasteiger partial charge is 0.477 e. The minimum Gasteiger partial charge on any atom is -0.477 e. The molecule has 1 saturated carbocycles. The highest BCUT2D eigenvalue weighted by atomic mass is 79.9. The van der Waals surface area contributed by atoms with Gasteiger partial charge in [-0.25, -0.2) is 4.68 Å². The summed E-state index contributed by atoms with van der Waals surface area (Å²) in [5, 5.41) is 7.96. The van der Waals surface area contributed by atoms with E-state index in [0.29, 0.717) is 35.8 Å². The van der Waals surface area contributed by atoms with Crippen molar-refractivity contribution in [1.82, 2.24) is 14.8 Å². The van der Waals surface area contributed by atoms with Gasteiger partial charge in [0.2, 0.25) is 11.8 Å². The van der Waals surface area contributed by atoms with Crippen molar-refractivity contribution in [2.45, 2.75) is 45.6 Å². The molecule has 3 aliphatic rings. The van der Waals surface area contributed by atoms with Crippen molar-refractivity contribution in [2.75, 3.05) is 23.4 Å². The summed E-state index contributed by atoms with van der Waals surface area (Å²) in [5.74, 6) is 1.36. The highest BCUT2D eigenvalue weighted by Gasteiger charge is 2.31. The van der Waals surface area contributed by atoms with Gasteiger partial charge in [0.15, 0.2) is 0 Å². The lowest BCUT2D eigenvalue weighted by Gasteiger charge is -2.23. The molecule has 1 aliphatic carbocycles. The van der Waals surface area contributed by atoms with Crippen LogP contribution in [0.25, 0.3) is 11.3 Å². The van der Waals surface area contributed by atoms with Crippen molar-refractivity contribution in [2.24, 2.45) is 10.9 Å². The van der Waals surface area contributed by atoms with E-state index in [1.165, 1.54) is 0 Å². The zero-order valence-electron chi connectivity index (χ0n) is 19.8. The Bertz CT molecular complexity index is 1350. The molecule has 1 amide bonds. The zero-order valence-corrected chi connectivity index (χ0v) is 21.4. The van der Waals surface area contributed by atoms with Crippen molar-refractivity contribution in [3.05, 3.63) is 52.3 Å². The fourth-order valence-corrected chi connectivity index (χ4v) is 5.10. The lowest BCUT2D eigenvalue weighted by Crippen LogP contribution is -2.35. The second kappa shape index (κ2) is 8.78. The molecule has 2 bridgehead atoms. The van der Waals surface area contributed by atoms with E-state index >= 15 is 0 Å². The van der Waals surface area contributed by atoms with Crippen LogP contribution < -0.4 is 15.0 Å². The van der Waals surface area contributed by atoms with Crippen LogP contribution in [0.2, 0.25) is 0 Å². The van der Waals surface area contributed by atoms with Crippen molar-refractivity contribution in [3.8, 4) is 17.1 Å². The van der Waals surface area contributed by atoms with E-state index in [1.54, 1.807) is 12.1 Å². The van der Waals surface area contributed by atoms with Crippen LogP contribution in [0.15, 0.2) is 46.0 Å². The molecule has 1 aromatic carbocycles. The summed E-state index contributed by atoms with van der Waals surface area (Å²) in [4.78, 5) is 24.8. The van der Waals surface area contributed by atoms with Crippen LogP contribution in [0.5, 0.6) is 5.88 Å². The van der Waals surface area contributed by atoms with Crippen LogP contribution in [0.4, 0.5) is 11.4 Å². The average molecular weight is 535 g/mol. The number of aromatic nitrogens is 3. The van der Waals surface area contributed by atoms with E-state index in [2.05, 4.69) is 49.2 Å². The number of benzene rings is 1. The number of rotatable bonds is 1. The maximum Gasteiger partial charge on any atom is 0.280 e. The third kappa shape index (κ3) is 4.33. The SMILES string of the molecule is Cc1cc2cc(n1)-c1cnn(C3CC3)c1OCCC[C@@H](C)CN1/C(=N/C2=O)Nc2ccc(Br)cc21. The first-order valence-corrected chi connectivity index (χ1v) is 12.9. The Morgan fingerprint density at radius 1 is 1.17 bits per heavy atom. The van der Waals surface area contributed by atoms with E-state index < -0.39 is 0 Å². The van der Waals surface area contributed by atoms with Crippen molar-refractivity contribution < 1.29 is 9.53 Å². The van der Waals surface area contributed by atoms with Gasteiger partial charge in [-0.1, -0.05) is 22.9 Å². The van der Waals surface area contributed by atoms with E-state index in [-0.39, 0.29) is 5.91 Å². The lowest BCUT2D eigenvalue weighted by atomic mass is 10.1. The molecule has 1 fully saturated rings. The van der Waals surface area contributed by atoms with Crippen LogP contribution in [0, 0.1) is 12.8 Å². The second-order valence-electron chi connectivity index (χ2n) is 9.66. The molecule has 6 rings (SSSR count). The molecular weight excluding hydrogens is 508 g/mol. The molecular formula is C26H27BrN6O2. The number of carbonyl (C=O) groups excluding carboxylic acids is 1. The second-order valence-corrected chi connectivity index (χ2v) is 10.6. The number of halogens is 1. The van der Waals surface area contributed by atoms with Gasteiger partial charge in [0.1, 0.15) is 0 Å². The Hall–Kier alpha value is -3.20. The van der Waals surface area contributed by atoms with E-state index in [1.807, 2.05) is 29.9 Å². The number of aryl methyl sites for hydroxylation is 1. The first kappa shape index (κ1) is 22.3. The van der Waals surface area contributed by atoms with Gasteiger partial charge in [0.05, 0.1) is 41.5 Å². The van der Waals surface area contributed by atoms with Gasteiger partial charge in [-0.3, -0.25) is 9.78 Å². The number of pyridine rings is 1. The van der Waals surface area contributed by atoms with Crippen LogP contribution in [-0.2, 0) is 0 Å². The standard InChI is InChI=1S/C26H27BrN6O2/c1-15-4-3-9-35-25-20(13-28-33(25)19-6-7-19)22-11-17(10-16(2)29-22)24(34)31-26-30-21-8-5-18(27)12-23(21)32(26)14-15/h5,8,10-13,15,19H,3-4,6-7,9,14H2,1-2H3,(H,30,31,34)/t15-/m1/s1. The smallest absolute Gasteiger partial charge is 0.280 e. The molecule has 4 heterocycles. The molecule has 0 spiro atoms. The lowest BCUT2D eigenvalue weighted by molar-refractivity contribution is 0.100. The fourth-order valence-electron chi connectivity index (χ4n) is 4.75. The number of anilines is 2. The molecule has 0 saturated heterocycles. The summed E-state index contributed by atoms with van der Waals surface area (Å²) in [5.41, 5.74) is 4.71. The van der Waals surface area contributed by atoms with Crippen LogP contribution >= 0.6 is 15.9 Å². The number of amides is 1. The molecule has 9 heteroatoms. The van der Waals surface area contributed by atoms with Gasteiger partial charge >= 0.3 is 0 Å². The molecule has 0 radical (unpaired) electrons. The van der Waals surface area contributed by atoms with Crippen molar-refractivity contribution in [3.63, 3.8) is 0 Å². The van der Waals surface area contributed by atoms with Crippen LogP contribution in [0.3, 0.4) is 0 Å².